The summed E-state index contributed by atoms with van der Waals surface area (Å²) < 4.78 is 4.96. The van der Waals surface area contributed by atoms with Crippen LogP contribution in [0.4, 0.5) is 10.8 Å². The summed E-state index contributed by atoms with van der Waals surface area (Å²) in [5, 5.41) is 13.5. The molecule has 0 aliphatic heterocycles. The molecule has 0 radical (unpaired) electrons. The third-order valence-corrected chi connectivity index (χ3v) is 4.38. The zero-order chi connectivity index (χ0) is 16.9. The van der Waals surface area contributed by atoms with E-state index >= 15 is 0 Å². The summed E-state index contributed by atoms with van der Waals surface area (Å²) >= 11 is 7.58. The van der Waals surface area contributed by atoms with Crippen molar-refractivity contribution in [3.8, 4) is 10.6 Å². The first kappa shape index (κ1) is 16.4. The molecule has 122 valence electrons. The van der Waals surface area contributed by atoms with Gasteiger partial charge in [-0.3, -0.25) is 0 Å². The van der Waals surface area contributed by atoms with Crippen molar-refractivity contribution in [1.82, 2.24) is 10.2 Å². The van der Waals surface area contributed by atoms with Crippen LogP contribution in [-0.4, -0.2) is 22.8 Å². The number of rotatable bonds is 5. The van der Waals surface area contributed by atoms with Crippen molar-refractivity contribution in [2.75, 3.05) is 11.9 Å². The molecule has 1 N–H and O–H groups in total. The van der Waals surface area contributed by atoms with Crippen LogP contribution >= 0.6 is 22.9 Å². The summed E-state index contributed by atoms with van der Waals surface area (Å²) in [5.41, 5.74) is 2.17. The number of nitrogens with zero attached hydrogens (tertiary/aromatic N) is 2. The summed E-state index contributed by atoms with van der Waals surface area (Å²) in [4.78, 5) is 11.6. The predicted molar refractivity (Wildman–Crippen MR) is 96.0 cm³/mol. The number of anilines is 2. The fourth-order valence-corrected chi connectivity index (χ4v) is 3.13. The van der Waals surface area contributed by atoms with E-state index in [9.17, 15) is 4.79 Å². The van der Waals surface area contributed by atoms with Crippen molar-refractivity contribution in [2.24, 2.45) is 0 Å². The highest BCUT2D eigenvalue weighted by Gasteiger charge is 2.10. The lowest BCUT2D eigenvalue weighted by Gasteiger charge is -2.04. The third-order valence-electron chi connectivity index (χ3n) is 3.18. The number of aromatic nitrogens is 2. The molecular formula is C17H14ClN3O2S. The lowest BCUT2D eigenvalue weighted by Crippen LogP contribution is -2.04. The van der Waals surface area contributed by atoms with Gasteiger partial charge in [0.05, 0.1) is 17.2 Å². The van der Waals surface area contributed by atoms with Crippen LogP contribution in [0.25, 0.3) is 10.6 Å². The van der Waals surface area contributed by atoms with Gasteiger partial charge in [0.25, 0.3) is 0 Å². The van der Waals surface area contributed by atoms with Gasteiger partial charge in [-0.15, -0.1) is 10.2 Å². The summed E-state index contributed by atoms with van der Waals surface area (Å²) in [6, 6.07) is 14.5. The Balaban J connectivity index is 1.73. The quantitative estimate of drug-likeness (QED) is 0.664. The van der Waals surface area contributed by atoms with Crippen LogP contribution in [0.5, 0.6) is 0 Å². The van der Waals surface area contributed by atoms with Crippen LogP contribution < -0.4 is 5.32 Å². The van der Waals surface area contributed by atoms with E-state index in [2.05, 4.69) is 15.5 Å². The van der Waals surface area contributed by atoms with Crippen molar-refractivity contribution in [2.45, 2.75) is 6.92 Å². The molecule has 0 unspecified atom stereocenters. The first-order chi connectivity index (χ1) is 11.7. The van der Waals surface area contributed by atoms with E-state index in [4.69, 9.17) is 16.3 Å². The number of carbonyl (C=O) groups is 1. The van der Waals surface area contributed by atoms with Crippen LogP contribution in [0.15, 0.2) is 48.5 Å². The minimum Gasteiger partial charge on any atom is -0.462 e. The highest BCUT2D eigenvalue weighted by atomic mass is 35.5. The molecule has 0 atom stereocenters. The second kappa shape index (κ2) is 7.42. The van der Waals surface area contributed by atoms with Crippen LogP contribution in [0.3, 0.4) is 0 Å². The van der Waals surface area contributed by atoms with Crippen molar-refractivity contribution < 1.29 is 9.53 Å². The van der Waals surface area contributed by atoms with E-state index in [0.717, 1.165) is 16.3 Å². The number of halogens is 1. The molecule has 3 rings (SSSR count). The Morgan fingerprint density at radius 2 is 1.92 bits per heavy atom. The summed E-state index contributed by atoms with van der Waals surface area (Å²) in [7, 11) is 0. The predicted octanol–water partition coefficient (Wildman–Crippen LogP) is 4.78. The van der Waals surface area contributed by atoms with Gasteiger partial charge in [-0.25, -0.2) is 4.79 Å². The average molecular weight is 360 g/mol. The fraction of sp³-hybridized carbons (Fsp3) is 0.118. The van der Waals surface area contributed by atoms with Crippen LogP contribution in [0.2, 0.25) is 5.02 Å². The van der Waals surface area contributed by atoms with E-state index in [1.54, 1.807) is 31.2 Å². The fourth-order valence-electron chi connectivity index (χ4n) is 2.04. The van der Waals surface area contributed by atoms with E-state index in [-0.39, 0.29) is 5.97 Å². The van der Waals surface area contributed by atoms with Gasteiger partial charge < -0.3 is 10.1 Å². The summed E-state index contributed by atoms with van der Waals surface area (Å²) in [6.07, 6.45) is 0. The van der Waals surface area contributed by atoms with Gasteiger partial charge >= 0.3 is 5.97 Å². The van der Waals surface area contributed by atoms with Crippen molar-refractivity contribution in [3.05, 3.63) is 59.1 Å². The molecule has 1 aromatic heterocycles. The van der Waals surface area contributed by atoms with Crippen molar-refractivity contribution >= 4 is 39.7 Å². The lowest BCUT2D eigenvalue weighted by atomic mass is 10.2. The monoisotopic (exact) mass is 359 g/mol. The van der Waals surface area contributed by atoms with Crippen LogP contribution in [0.1, 0.15) is 17.3 Å². The van der Waals surface area contributed by atoms with Gasteiger partial charge in [0.2, 0.25) is 5.13 Å². The maximum Gasteiger partial charge on any atom is 0.338 e. The van der Waals surface area contributed by atoms with Crippen LogP contribution in [0, 0.1) is 0 Å². The van der Waals surface area contributed by atoms with Crippen molar-refractivity contribution in [1.29, 1.82) is 0 Å². The molecule has 0 amide bonds. The largest absolute Gasteiger partial charge is 0.462 e. The van der Waals surface area contributed by atoms with E-state index in [1.807, 2.05) is 24.3 Å². The number of hydrogen-bond donors (Lipinski definition) is 1. The highest BCUT2D eigenvalue weighted by Crippen LogP contribution is 2.32. The Hall–Kier alpha value is -2.44. The molecule has 0 fully saturated rings. The second-order valence-corrected chi connectivity index (χ2v) is 6.20. The molecule has 0 saturated heterocycles. The smallest absolute Gasteiger partial charge is 0.338 e. The van der Waals surface area contributed by atoms with Gasteiger partial charge in [0, 0.05) is 11.3 Å². The normalized spacial score (nSPS) is 10.4. The Bertz CT molecular complexity index is 849. The summed E-state index contributed by atoms with van der Waals surface area (Å²) in [6.45, 7) is 2.13. The first-order valence-corrected chi connectivity index (χ1v) is 8.49. The summed E-state index contributed by atoms with van der Waals surface area (Å²) in [5.74, 6) is -0.332. The van der Waals surface area contributed by atoms with Gasteiger partial charge in [-0.2, -0.15) is 0 Å². The molecule has 3 aromatic rings. The van der Waals surface area contributed by atoms with Crippen molar-refractivity contribution in [3.63, 3.8) is 0 Å². The number of carbonyl (C=O) groups excluding carboxylic acids is 1. The number of esters is 1. The van der Waals surface area contributed by atoms with E-state index in [1.165, 1.54) is 11.3 Å². The molecule has 5 nitrogen and oxygen atoms in total. The maximum absolute atomic E-state index is 11.6. The standard InChI is InChI=1S/C17H14ClN3O2S/c1-2-23-16(22)11-7-9-12(10-8-11)19-17-21-20-15(24-17)13-5-3-4-6-14(13)18/h3-10H,2H2,1H3,(H,19,21). The van der Waals surface area contributed by atoms with E-state index < -0.39 is 0 Å². The average Bonchev–Trinajstić information content (AvgIpc) is 3.04. The molecule has 0 spiro atoms. The minimum atomic E-state index is -0.332. The topological polar surface area (TPSA) is 64.1 Å². The first-order valence-electron chi connectivity index (χ1n) is 7.30. The zero-order valence-corrected chi connectivity index (χ0v) is 14.4. The Morgan fingerprint density at radius 1 is 1.17 bits per heavy atom. The Morgan fingerprint density at radius 3 is 2.62 bits per heavy atom. The molecule has 7 heteroatoms. The number of nitrogens with one attached hydrogen (secondary N) is 1. The number of benzene rings is 2. The molecule has 1 heterocycles. The molecule has 0 bridgehead atoms. The lowest BCUT2D eigenvalue weighted by molar-refractivity contribution is 0.0526. The molecule has 0 aliphatic carbocycles. The molecule has 0 aliphatic rings. The highest BCUT2D eigenvalue weighted by molar-refractivity contribution is 7.18. The Kier molecular flexibility index (Phi) is 5.08. The van der Waals surface area contributed by atoms with Gasteiger partial charge in [-0.05, 0) is 37.3 Å². The van der Waals surface area contributed by atoms with E-state index in [0.29, 0.717) is 22.3 Å². The zero-order valence-electron chi connectivity index (χ0n) is 12.8. The van der Waals surface area contributed by atoms with Crippen LogP contribution in [-0.2, 0) is 4.74 Å². The number of hydrogen-bond acceptors (Lipinski definition) is 6. The minimum absolute atomic E-state index is 0.332. The molecule has 2 aromatic carbocycles. The van der Waals surface area contributed by atoms with Gasteiger partial charge in [-0.1, -0.05) is 41.1 Å². The molecule has 0 saturated carbocycles. The molecule has 24 heavy (non-hydrogen) atoms. The van der Waals surface area contributed by atoms with Gasteiger partial charge in [0.15, 0.2) is 5.01 Å². The number of ether oxygens (including phenoxy) is 1. The third kappa shape index (κ3) is 3.72. The Labute approximate surface area is 148 Å². The maximum atomic E-state index is 11.6. The molecular weight excluding hydrogens is 346 g/mol. The second-order valence-electron chi connectivity index (χ2n) is 4.82. The van der Waals surface area contributed by atoms with Gasteiger partial charge in [0.1, 0.15) is 0 Å². The SMILES string of the molecule is CCOC(=O)c1ccc(Nc2nnc(-c3ccccc3Cl)s2)cc1.